The Morgan fingerprint density at radius 1 is 1.32 bits per heavy atom. The lowest BCUT2D eigenvalue weighted by molar-refractivity contribution is 0.413. The van der Waals surface area contributed by atoms with E-state index in [9.17, 15) is 12.6 Å². The van der Waals surface area contributed by atoms with Gasteiger partial charge in [-0.15, -0.1) is 24.0 Å². The highest BCUT2D eigenvalue weighted by Gasteiger charge is 2.26. The number of hydrogen-bond acceptors (Lipinski definition) is 4. The van der Waals surface area contributed by atoms with Gasteiger partial charge in [-0.3, -0.25) is 4.21 Å². The first kappa shape index (κ1) is 25.3. The number of rotatable bonds is 7. The second-order valence-corrected chi connectivity index (χ2v) is 10.3. The maximum absolute atomic E-state index is 12.1. The van der Waals surface area contributed by atoms with E-state index in [0.29, 0.717) is 18.3 Å². The van der Waals surface area contributed by atoms with Gasteiger partial charge in [-0.2, -0.15) is 0 Å². The Bertz CT molecular complexity index is 787. The molecule has 4 N–H and O–H groups in total. The number of primary sulfonamides is 1. The highest BCUT2D eigenvalue weighted by Crippen LogP contribution is 2.23. The molecule has 1 fully saturated rings. The fourth-order valence-corrected chi connectivity index (χ4v) is 5.19. The van der Waals surface area contributed by atoms with Crippen molar-refractivity contribution >= 4 is 50.8 Å². The molecule has 2 rings (SSSR count). The molecule has 1 aliphatic carbocycles. The van der Waals surface area contributed by atoms with Gasteiger partial charge in [0.25, 0.3) is 0 Å². The molecule has 28 heavy (non-hydrogen) atoms. The number of hydrogen-bond donors (Lipinski definition) is 3. The quantitative estimate of drug-likeness (QED) is 0.278. The fourth-order valence-electron chi connectivity index (χ4n) is 3.26. The third-order valence-corrected chi connectivity index (χ3v) is 7.27. The van der Waals surface area contributed by atoms with Crippen LogP contribution in [0, 0.1) is 0 Å². The van der Waals surface area contributed by atoms with Crippen molar-refractivity contribution in [3.63, 3.8) is 0 Å². The number of nitrogens with one attached hydrogen (secondary N) is 2. The van der Waals surface area contributed by atoms with E-state index in [-0.39, 0.29) is 40.2 Å². The first-order valence-corrected chi connectivity index (χ1v) is 12.3. The van der Waals surface area contributed by atoms with E-state index in [1.54, 1.807) is 12.1 Å². The number of aliphatic imine (C=N–C) groups is 1. The molecule has 1 aliphatic rings. The van der Waals surface area contributed by atoms with Crippen molar-refractivity contribution in [2.75, 3.05) is 12.3 Å². The smallest absolute Gasteiger partial charge is 0.238 e. The number of sulfonamides is 1. The van der Waals surface area contributed by atoms with E-state index >= 15 is 0 Å². The highest BCUT2D eigenvalue weighted by molar-refractivity contribution is 14.0. The lowest BCUT2D eigenvalue weighted by atomic mass is 9.95. The van der Waals surface area contributed by atoms with E-state index < -0.39 is 20.8 Å². The Balaban J connectivity index is 0.00000392. The van der Waals surface area contributed by atoms with Gasteiger partial charge in [0.05, 0.1) is 11.4 Å². The predicted molar refractivity (Wildman–Crippen MR) is 126 cm³/mol. The molecular formula is C18H31IN4O3S2. The summed E-state index contributed by atoms with van der Waals surface area (Å²) in [6.07, 6.45) is 3.99. The minimum atomic E-state index is -3.72. The summed E-state index contributed by atoms with van der Waals surface area (Å²) in [5, 5.41) is 12.1. The van der Waals surface area contributed by atoms with E-state index in [0.717, 1.165) is 37.8 Å². The van der Waals surface area contributed by atoms with E-state index in [1.165, 1.54) is 6.07 Å². The lowest BCUT2D eigenvalue weighted by Crippen LogP contribution is -2.46. The van der Waals surface area contributed by atoms with E-state index in [2.05, 4.69) is 15.6 Å². The van der Waals surface area contributed by atoms with Crippen LogP contribution in [-0.2, 0) is 27.4 Å². The van der Waals surface area contributed by atoms with E-state index in [4.69, 9.17) is 5.14 Å². The summed E-state index contributed by atoms with van der Waals surface area (Å²) in [6.45, 7) is 5.03. The SMILES string of the molecule is CCNC(=NCc1cccc(S(N)(=O)=O)c1)NC1CCCC(S(=O)CC)C1.I. The van der Waals surface area contributed by atoms with Gasteiger partial charge in [0.15, 0.2) is 5.96 Å². The Kier molecular flexibility index (Phi) is 10.9. The van der Waals surface area contributed by atoms with Crippen LogP contribution in [0.25, 0.3) is 0 Å². The van der Waals surface area contributed by atoms with Crippen LogP contribution in [0.3, 0.4) is 0 Å². The minimum Gasteiger partial charge on any atom is -0.357 e. The second-order valence-electron chi connectivity index (χ2n) is 6.69. The van der Waals surface area contributed by atoms with Crippen LogP contribution < -0.4 is 15.8 Å². The van der Waals surface area contributed by atoms with Crippen LogP contribution in [0.15, 0.2) is 34.2 Å². The zero-order chi connectivity index (χ0) is 19.9. The molecule has 0 amide bonds. The maximum Gasteiger partial charge on any atom is 0.238 e. The summed E-state index contributed by atoms with van der Waals surface area (Å²) in [6, 6.07) is 6.75. The molecule has 0 aliphatic heterocycles. The third kappa shape index (κ3) is 7.96. The molecule has 3 atom stereocenters. The van der Waals surface area contributed by atoms with Crippen molar-refractivity contribution < 1.29 is 12.6 Å². The Morgan fingerprint density at radius 3 is 2.71 bits per heavy atom. The Hall–Kier alpha value is -0.720. The van der Waals surface area contributed by atoms with E-state index in [1.807, 2.05) is 19.9 Å². The molecular weight excluding hydrogens is 511 g/mol. The molecule has 1 saturated carbocycles. The van der Waals surface area contributed by atoms with Gasteiger partial charge in [0, 0.05) is 34.4 Å². The summed E-state index contributed by atoms with van der Waals surface area (Å²) in [4.78, 5) is 4.66. The maximum atomic E-state index is 12.1. The van der Waals surface area contributed by atoms with Crippen LogP contribution in [0.2, 0.25) is 0 Å². The summed E-state index contributed by atoms with van der Waals surface area (Å²) in [5.41, 5.74) is 0.771. The standard InChI is InChI=1S/C18H30N4O3S2.HI/c1-3-20-18(22-15-8-6-9-16(12-15)26(23)4-2)21-13-14-7-5-10-17(11-14)27(19,24)25;/h5,7,10-11,15-16H,3-4,6,8-9,12-13H2,1-2H3,(H2,19,24,25)(H2,20,21,22);1H. The molecule has 1 aromatic carbocycles. The molecule has 0 radical (unpaired) electrons. The number of guanidine groups is 1. The summed E-state index contributed by atoms with van der Waals surface area (Å²) < 4.78 is 35.1. The highest BCUT2D eigenvalue weighted by atomic mass is 127. The van der Waals surface area contributed by atoms with Crippen molar-refractivity contribution in [2.45, 2.75) is 62.3 Å². The summed E-state index contributed by atoms with van der Waals surface area (Å²) >= 11 is 0. The zero-order valence-corrected chi connectivity index (χ0v) is 20.4. The lowest BCUT2D eigenvalue weighted by Gasteiger charge is -2.30. The van der Waals surface area contributed by atoms with Crippen LogP contribution >= 0.6 is 24.0 Å². The van der Waals surface area contributed by atoms with Crippen molar-refractivity contribution in [3.8, 4) is 0 Å². The summed E-state index contributed by atoms with van der Waals surface area (Å²) in [5.74, 6) is 1.39. The second kappa shape index (κ2) is 12.1. The van der Waals surface area contributed by atoms with Gasteiger partial charge in [-0.1, -0.05) is 25.5 Å². The monoisotopic (exact) mass is 542 g/mol. The van der Waals surface area contributed by atoms with Crippen molar-refractivity contribution in [3.05, 3.63) is 29.8 Å². The Labute approximate surface area is 187 Å². The largest absolute Gasteiger partial charge is 0.357 e. The summed E-state index contributed by atoms with van der Waals surface area (Å²) in [7, 11) is -4.49. The number of halogens is 1. The van der Waals surface area contributed by atoms with Crippen LogP contribution in [0.1, 0.15) is 45.1 Å². The zero-order valence-electron chi connectivity index (χ0n) is 16.4. The Morgan fingerprint density at radius 2 is 2.07 bits per heavy atom. The topological polar surface area (TPSA) is 114 Å². The number of nitrogens with zero attached hydrogens (tertiary/aromatic N) is 1. The third-order valence-electron chi connectivity index (χ3n) is 4.61. The fraction of sp³-hybridized carbons (Fsp3) is 0.611. The average Bonchev–Trinajstić information content (AvgIpc) is 2.65. The molecule has 0 aromatic heterocycles. The van der Waals surface area contributed by atoms with Gasteiger partial charge in [-0.25, -0.2) is 18.5 Å². The molecule has 7 nitrogen and oxygen atoms in total. The molecule has 0 spiro atoms. The van der Waals surface area contributed by atoms with Crippen molar-refractivity contribution in [1.29, 1.82) is 0 Å². The molecule has 0 heterocycles. The normalized spacial score (nSPS) is 21.5. The van der Waals surface area contributed by atoms with Gasteiger partial charge in [0.1, 0.15) is 0 Å². The van der Waals surface area contributed by atoms with Crippen LogP contribution in [-0.4, -0.2) is 42.2 Å². The molecule has 0 bridgehead atoms. The number of nitrogens with two attached hydrogens (primary N) is 1. The molecule has 3 unspecified atom stereocenters. The van der Waals surface area contributed by atoms with Gasteiger partial charge in [0.2, 0.25) is 10.0 Å². The predicted octanol–water partition coefficient (Wildman–Crippen LogP) is 2.09. The molecule has 1 aromatic rings. The van der Waals surface area contributed by atoms with Gasteiger partial charge >= 0.3 is 0 Å². The van der Waals surface area contributed by atoms with Gasteiger partial charge < -0.3 is 10.6 Å². The van der Waals surface area contributed by atoms with Crippen molar-refractivity contribution in [2.24, 2.45) is 10.1 Å². The first-order valence-electron chi connectivity index (χ1n) is 9.37. The molecule has 10 heteroatoms. The van der Waals surface area contributed by atoms with Crippen molar-refractivity contribution in [1.82, 2.24) is 10.6 Å². The average molecular weight is 543 g/mol. The number of benzene rings is 1. The van der Waals surface area contributed by atoms with Crippen LogP contribution in [0.4, 0.5) is 0 Å². The van der Waals surface area contributed by atoms with Gasteiger partial charge in [-0.05, 0) is 43.9 Å². The first-order chi connectivity index (χ1) is 12.8. The van der Waals surface area contributed by atoms with Crippen LogP contribution in [0.5, 0.6) is 0 Å². The molecule has 0 saturated heterocycles. The minimum absolute atomic E-state index is 0. The molecule has 160 valence electrons.